The van der Waals surface area contributed by atoms with Gasteiger partial charge in [0.2, 0.25) is 0 Å². The Balaban J connectivity index is 2.45. The molecule has 19 heavy (non-hydrogen) atoms. The van der Waals surface area contributed by atoms with E-state index in [1.54, 1.807) is 12.1 Å². The van der Waals surface area contributed by atoms with Crippen LogP contribution in [0.1, 0.15) is 25.8 Å². The Hall–Kier alpha value is -1.62. The first-order chi connectivity index (χ1) is 8.88. The van der Waals surface area contributed by atoms with Crippen LogP contribution >= 0.6 is 0 Å². The number of hydrogen-bond donors (Lipinski definition) is 3. The molecule has 0 saturated carbocycles. The summed E-state index contributed by atoms with van der Waals surface area (Å²) < 4.78 is 13.4. The summed E-state index contributed by atoms with van der Waals surface area (Å²) in [4.78, 5) is 11.6. The van der Waals surface area contributed by atoms with Crippen LogP contribution in [0.25, 0.3) is 0 Å². The van der Waals surface area contributed by atoms with E-state index < -0.39 is 18.0 Å². The van der Waals surface area contributed by atoms with Gasteiger partial charge >= 0.3 is 6.03 Å². The molecule has 0 spiro atoms. The third-order valence-electron chi connectivity index (χ3n) is 2.61. The van der Waals surface area contributed by atoms with Crippen molar-refractivity contribution in [1.82, 2.24) is 5.32 Å². The van der Waals surface area contributed by atoms with Crippen LogP contribution < -0.4 is 10.6 Å². The molecule has 0 fully saturated rings. The molecule has 0 bridgehead atoms. The number of benzene rings is 1. The van der Waals surface area contributed by atoms with E-state index in [2.05, 4.69) is 10.6 Å². The normalized spacial score (nSPS) is 12.3. The second-order valence-corrected chi connectivity index (χ2v) is 5.10. The highest BCUT2D eigenvalue weighted by Crippen LogP contribution is 2.15. The number of carbonyl (C=O) groups excluding carboxylic acids is 1. The Kier molecular flexibility index (Phi) is 5.76. The summed E-state index contributed by atoms with van der Waals surface area (Å²) in [5, 5.41) is 14.6. The molecule has 0 aliphatic rings. The van der Waals surface area contributed by atoms with Crippen LogP contribution in [0, 0.1) is 18.7 Å². The molecule has 0 aliphatic heterocycles. The van der Waals surface area contributed by atoms with Crippen molar-refractivity contribution in [2.75, 3.05) is 11.9 Å². The minimum absolute atomic E-state index is 0.135. The minimum Gasteiger partial charge on any atom is -0.391 e. The monoisotopic (exact) mass is 268 g/mol. The SMILES string of the molecule is Cc1ccc(F)c(NC(=O)NC[C@@H](O)CC(C)C)c1. The zero-order chi connectivity index (χ0) is 14.4. The van der Waals surface area contributed by atoms with Gasteiger partial charge in [-0.15, -0.1) is 0 Å². The van der Waals surface area contributed by atoms with Gasteiger partial charge in [-0.05, 0) is 37.0 Å². The number of nitrogens with one attached hydrogen (secondary N) is 2. The quantitative estimate of drug-likeness (QED) is 0.769. The van der Waals surface area contributed by atoms with Gasteiger partial charge in [-0.1, -0.05) is 19.9 Å². The van der Waals surface area contributed by atoms with Crippen LogP contribution in [0.15, 0.2) is 18.2 Å². The smallest absolute Gasteiger partial charge is 0.319 e. The maximum Gasteiger partial charge on any atom is 0.319 e. The van der Waals surface area contributed by atoms with Crippen molar-refractivity contribution < 1.29 is 14.3 Å². The first-order valence-corrected chi connectivity index (χ1v) is 6.37. The maximum absolute atomic E-state index is 13.4. The second kappa shape index (κ2) is 7.09. The lowest BCUT2D eigenvalue weighted by Crippen LogP contribution is -2.36. The number of rotatable bonds is 5. The van der Waals surface area contributed by atoms with E-state index in [1.165, 1.54) is 6.07 Å². The van der Waals surface area contributed by atoms with Crippen molar-refractivity contribution in [2.45, 2.75) is 33.3 Å². The highest BCUT2D eigenvalue weighted by Gasteiger charge is 2.10. The molecule has 1 aromatic rings. The Labute approximate surface area is 113 Å². The minimum atomic E-state index is -0.590. The summed E-state index contributed by atoms with van der Waals surface area (Å²) in [6, 6.07) is 3.97. The Bertz CT molecular complexity index is 435. The lowest BCUT2D eigenvalue weighted by atomic mass is 10.1. The zero-order valence-electron chi connectivity index (χ0n) is 11.5. The summed E-state index contributed by atoms with van der Waals surface area (Å²) in [6.45, 7) is 5.95. The van der Waals surface area contributed by atoms with Crippen molar-refractivity contribution in [2.24, 2.45) is 5.92 Å². The van der Waals surface area contributed by atoms with Crippen molar-refractivity contribution in [3.8, 4) is 0 Å². The van der Waals surface area contributed by atoms with Crippen molar-refractivity contribution in [1.29, 1.82) is 0 Å². The third kappa shape index (κ3) is 5.70. The van der Waals surface area contributed by atoms with Crippen LogP contribution in [0.4, 0.5) is 14.9 Å². The molecule has 0 saturated heterocycles. The summed E-state index contributed by atoms with van der Waals surface area (Å²) in [7, 11) is 0. The predicted molar refractivity (Wildman–Crippen MR) is 73.6 cm³/mol. The molecule has 5 heteroatoms. The first-order valence-electron chi connectivity index (χ1n) is 6.37. The largest absolute Gasteiger partial charge is 0.391 e. The van der Waals surface area contributed by atoms with E-state index in [4.69, 9.17) is 0 Å². The number of aliphatic hydroxyl groups excluding tert-OH is 1. The molecule has 0 unspecified atom stereocenters. The predicted octanol–water partition coefficient (Wildman–Crippen LogP) is 2.66. The van der Waals surface area contributed by atoms with Gasteiger partial charge in [0.1, 0.15) is 5.82 Å². The fourth-order valence-electron chi connectivity index (χ4n) is 1.74. The van der Waals surface area contributed by atoms with Crippen LogP contribution in [0.5, 0.6) is 0 Å². The van der Waals surface area contributed by atoms with Crippen molar-refractivity contribution in [3.63, 3.8) is 0 Å². The molecule has 1 rings (SSSR count). The average molecular weight is 268 g/mol. The second-order valence-electron chi connectivity index (χ2n) is 5.10. The van der Waals surface area contributed by atoms with E-state index in [1.807, 2.05) is 20.8 Å². The van der Waals surface area contributed by atoms with E-state index in [9.17, 15) is 14.3 Å². The lowest BCUT2D eigenvalue weighted by molar-refractivity contribution is 0.148. The molecular weight excluding hydrogens is 247 g/mol. The molecule has 0 aliphatic carbocycles. The number of anilines is 1. The van der Waals surface area contributed by atoms with Gasteiger partial charge in [-0.25, -0.2) is 9.18 Å². The van der Waals surface area contributed by atoms with Gasteiger partial charge < -0.3 is 15.7 Å². The topological polar surface area (TPSA) is 61.4 Å². The molecule has 4 nitrogen and oxygen atoms in total. The number of aliphatic hydroxyl groups is 1. The Morgan fingerprint density at radius 1 is 1.42 bits per heavy atom. The molecular formula is C14H21FN2O2. The number of carbonyl (C=O) groups is 1. The van der Waals surface area contributed by atoms with Crippen LogP contribution in [-0.2, 0) is 0 Å². The summed E-state index contributed by atoms with van der Waals surface area (Å²) in [5.74, 6) is -0.127. The van der Waals surface area contributed by atoms with Crippen LogP contribution in [-0.4, -0.2) is 23.8 Å². The molecule has 2 amide bonds. The number of amides is 2. The zero-order valence-corrected chi connectivity index (χ0v) is 11.5. The molecule has 0 heterocycles. The van der Waals surface area contributed by atoms with E-state index in [0.29, 0.717) is 12.3 Å². The van der Waals surface area contributed by atoms with Gasteiger partial charge in [0.25, 0.3) is 0 Å². The fourth-order valence-corrected chi connectivity index (χ4v) is 1.74. The lowest BCUT2D eigenvalue weighted by Gasteiger charge is -2.14. The fraction of sp³-hybridized carbons (Fsp3) is 0.500. The van der Waals surface area contributed by atoms with E-state index >= 15 is 0 Å². The molecule has 1 atom stereocenters. The highest BCUT2D eigenvalue weighted by molar-refractivity contribution is 5.89. The molecule has 0 aromatic heterocycles. The molecule has 0 radical (unpaired) electrons. The number of halogens is 1. The van der Waals surface area contributed by atoms with Crippen molar-refractivity contribution in [3.05, 3.63) is 29.6 Å². The first kappa shape index (κ1) is 15.4. The summed E-state index contributed by atoms with van der Waals surface area (Å²) in [5.41, 5.74) is 0.993. The number of aryl methyl sites for hydroxylation is 1. The molecule has 106 valence electrons. The maximum atomic E-state index is 13.4. The Morgan fingerprint density at radius 2 is 2.11 bits per heavy atom. The summed E-state index contributed by atoms with van der Waals surface area (Å²) >= 11 is 0. The van der Waals surface area contributed by atoms with Crippen LogP contribution in [0.2, 0.25) is 0 Å². The number of urea groups is 1. The van der Waals surface area contributed by atoms with E-state index in [-0.39, 0.29) is 12.2 Å². The third-order valence-corrected chi connectivity index (χ3v) is 2.61. The van der Waals surface area contributed by atoms with Crippen molar-refractivity contribution >= 4 is 11.7 Å². The standard InChI is InChI=1S/C14H21FN2O2/c1-9(2)6-11(18)8-16-14(19)17-13-7-10(3)4-5-12(13)15/h4-5,7,9,11,18H,6,8H2,1-3H3,(H2,16,17,19)/t11-/m0/s1. The molecule has 1 aromatic carbocycles. The molecule has 3 N–H and O–H groups in total. The van der Waals surface area contributed by atoms with Gasteiger partial charge in [0.05, 0.1) is 11.8 Å². The highest BCUT2D eigenvalue weighted by atomic mass is 19.1. The van der Waals surface area contributed by atoms with Crippen LogP contribution in [0.3, 0.4) is 0 Å². The van der Waals surface area contributed by atoms with Gasteiger partial charge in [0, 0.05) is 6.54 Å². The average Bonchev–Trinajstić information content (AvgIpc) is 2.30. The number of hydrogen-bond acceptors (Lipinski definition) is 2. The Morgan fingerprint density at radius 3 is 2.74 bits per heavy atom. The summed E-state index contributed by atoms with van der Waals surface area (Å²) in [6.07, 6.45) is 0.0205. The van der Waals surface area contributed by atoms with Gasteiger partial charge in [-0.3, -0.25) is 0 Å². The van der Waals surface area contributed by atoms with Gasteiger partial charge in [0.15, 0.2) is 0 Å². The van der Waals surface area contributed by atoms with E-state index in [0.717, 1.165) is 5.56 Å². The van der Waals surface area contributed by atoms with Gasteiger partial charge in [-0.2, -0.15) is 0 Å².